The van der Waals surface area contributed by atoms with E-state index >= 15 is 38.4 Å². The lowest BCUT2D eigenvalue weighted by molar-refractivity contribution is -0.138. The summed E-state index contributed by atoms with van der Waals surface area (Å²) >= 11 is 32.5. The fourth-order valence-corrected chi connectivity index (χ4v) is 16.5. The third-order valence-electron chi connectivity index (χ3n) is 21.4. The second-order valence-corrected chi connectivity index (χ2v) is 34.5. The molecule has 0 saturated carbocycles. The Hall–Kier alpha value is -12.8. The number of carbonyl (C=O) groups excluding carboxylic acids is 9. The smallest absolute Gasteiger partial charge is 0.410 e. The topological polar surface area (TPSA) is 388 Å². The lowest BCUT2D eigenvalue weighted by atomic mass is 9.89. The summed E-state index contributed by atoms with van der Waals surface area (Å²) in [5.74, 6) is -12.0. The third-order valence-corrected chi connectivity index (χ3v) is 23.3. The predicted molar refractivity (Wildman–Crippen MR) is 483 cm³/mol. The van der Waals surface area contributed by atoms with Crippen molar-refractivity contribution in [2.75, 3.05) is 28.3 Å². The largest absolute Gasteiger partial charge is 0.502 e. The maximum Gasteiger partial charge on any atom is 0.410 e. The normalized spacial score (nSPS) is 18.2. The number of aromatic hydroxyl groups is 1. The molecular weight excluding hydrogens is 1810 g/mol. The van der Waals surface area contributed by atoms with Crippen LogP contribution in [0.2, 0.25) is 20.1 Å². The van der Waals surface area contributed by atoms with Gasteiger partial charge in [-0.3, -0.25) is 43.3 Å². The number of phenolic OH excluding ortho intramolecular Hbond substituents is 1. The first kappa shape index (κ1) is 93.8. The molecule has 5 aliphatic heterocycles. The van der Waals surface area contributed by atoms with Crippen molar-refractivity contribution in [3.63, 3.8) is 0 Å². The number of carbonyl (C=O) groups is 9. The van der Waals surface area contributed by atoms with Crippen LogP contribution >= 0.6 is 62.3 Å². The molecular formula is C95H92BrCl4N9O20. The average Bonchev–Trinajstić information content (AvgIpc) is 0.743. The highest BCUT2D eigenvalue weighted by Gasteiger charge is 2.44. The van der Waals surface area contributed by atoms with E-state index in [0.29, 0.717) is 33.8 Å². The molecule has 10 aromatic rings. The molecule has 0 aromatic heterocycles. The maximum absolute atomic E-state index is 16.9. The molecule has 34 heteroatoms. The van der Waals surface area contributed by atoms with Gasteiger partial charge < -0.3 is 95.7 Å². The van der Waals surface area contributed by atoms with E-state index in [2.05, 4.69) is 58.5 Å². The molecule has 129 heavy (non-hydrogen) atoms. The number of aliphatic hydroxyl groups is 2. The van der Waals surface area contributed by atoms with Gasteiger partial charge in [-0.25, -0.2) is 4.79 Å². The van der Waals surface area contributed by atoms with Crippen molar-refractivity contribution >= 4 is 116 Å². The van der Waals surface area contributed by atoms with E-state index in [1.54, 1.807) is 107 Å². The first-order valence-electron chi connectivity index (χ1n) is 40.8. The molecule has 15 rings (SSSR count). The Bertz CT molecular complexity index is 5790. The zero-order valence-electron chi connectivity index (χ0n) is 71.1. The number of nitrogens with one attached hydrogen (secondary N) is 8. The van der Waals surface area contributed by atoms with Crippen molar-refractivity contribution in [1.29, 1.82) is 0 Å². The molecule has 1 unspecified atom stereocenters. The van der Waals surface area contributed by atoms with E-state index in [9.17, 15) is 20.1 Å². The summed E-state index contributed by atoms with van der Waals surface area (Å²) in [7, 11) is 5.56. The lowest BCUT2D eigenvalue weighted by Crippen LogP contribution is -2.60. The fourth-order valence-electron chi connectivity index (χ4n) is 14.8. The van der Waals surface area contributed by atoms with Crippen molar-refractivity contribution in [1.82, 2.24) is 47.4 Å². The molecule has 9 atom stereocenters. The van der Waals surface area contributed by atoms with Gasteiger partial charge in [0.25, 0.3) is 0 Å². The molecule has 0 spiro atoms. The number of fused-ring (bicyclic) bond motifs is 15. The van der Waals surface area contributed by atoms with Crippen molar-refractivity contribution in [2.45, 2.75) is 133 Å². The lowest BCUT2D eigenvalue weighted by Gasteiger charge is -2.33. The summed E-state index contributed by atoms with van der Waals surface area (Å²) in [6.07, 6.45) is -6.49. The van der Waals surface area contributed by atoms with E-state index < -0.39 is 180 Å². The number of methoxy groups -OCH3 is 2. The second kappa shape index (κ2) is 41.1. The van der Waals surface area contributed by atoms with Gasteiger partial charge in [0.1, 0.15) is 113 Å². The number of hydrogen-bond donors (Lipinski definition) is 11. The number of rotatable bonds is 22. The molecule has 0 radical (unpaired) electrons. The van der Waals surface area contributed by atoms with Crippen molar-refractivity contribution in [3.05, 3.63) is 280 Å². The second-order valence-electron chi connectivity index (χ2n) is 32.1. The minimum atomic E-state index is -2.33. The number of halogens is 5. The van der Waals surface area contributed by atoms with Gasteiger partial charge in [-0.05, 0) is 184 Å². The highest BCUT2D eigenvalue weighted by Crippen LogP contribution is 2.53. The van der Waals surface area contributed by atoms with E-state index in [-0.39, 0.29) is 87.3 Å². The first-order chi connectivity index (χ1) is 61.6. The molecule has 5 aliphatic rings. The highest BCUT2D eigenvalue weighted by atomic mass is 79.9. The van der Waals surface area contributed by atoms with Crippen LogP contribution in [0.15, 0.2) is 205 Å². The van der Waals surface area contributed by atoms with Crippen LogP contribution in [0.3, 0.4) is 0 Å². The van der Waals surface area contributed by atoms with Gasteiger partial charge in [-0.1, -0.05) is 182 Å². The van der Waals surface area contributed by atoms with Crippen LogP contribution in [-0.4, -0.2) is 132 Å². The van der Waals surface area contributed by atoms with Gasteiger partial charge in [0.05, 0.1) is 46.8 Å². The van der Waals surface area contributed by atoms with Gasteiger partial charge in [0.15, 0.2) is 23.0 Å². The fraction of sp³-hybridized carbons (Fsp3) is 0.274. The van der Waals surface area contributed by atoms with E-state index in [0.717, 1.165) is 46.9 Å². The van der Waals surface area contributed by atoms with Crippen LogP contribution in [0.5, 0.6) is 57.5 Å². The maximum atomic E-state index is 16.9. The van der Waals surface area contributed by atoms with Crippen LogP contribution in [-0.2, 0) is 62.9 Å². The molecule has 0 fully saturated rings. The first-order valence-corrected chi connectivity index (χ1v) is 43.1. The van der Waals surface area contributed by atoms with Gasteiger partial charge >= 0.3 is 6.09 Å². The van der Waals surface area contributed by atoms with Crippen molar-refractivity contribution < 1.29 is 96.4 Å². The highest BCUT2D eigenvalue weighted by molar-refractivity contribution is 9.10. The number of hydrogen-bond acceptors (Lipinski definition) is 20. The molecule has 5 heterocycles. The molecule has 0 saturated heterocycles. The number of phenols is 1. The summed E-state index contributed by atoms with van der Waals surface area (Å²) in [5, 5.41) is 58.6. The molecule has 29 nitrogen and oxygen atoms in total. The molecule has 11 N–H and O–H groups in total. The number of aliphatic hydroxyl groups excluding tert-OH is 2. The Morgan fingerprint density at radius 1 is 0.558 bits per heavy atom. The van der Waals surface area contributed by atoms with Crippen LogP contribution < -0.4 is 75.7 Å². The SMILES string of the molecule is CNC(=O)C1NC(=O)[C@H]2NC(=O)[C@H](NC(=O)[C@@H]3NC(=O)[C@H](CC(=O)NC(c4ccc(OC)cc4)c4ccc(OC)cc4)NC(=O)[C@H](NC(=O)[C@@H](CC(C)C)N(C)C(=O)OC(C)(C)C)[C@H](O)c4cc(Cl)c(c(Cl)c4)Oc4cc3cc(c4O)Oc3c(Cl)cc(cc3Cl)[C@H]2O)c2ccc(OCc3ccccc3)c(c2)-c2c1cc(OCc1ccccc1)c(Br)c2OCc1ccccc1. The standard InChI is InChI=1S/C95H92BrCl4N9O20/c1-48(2)35-67(109(7)94(121)129-95(3,4)5)88(115)107-79-81(111)56-37-62(97)84(63(98)38-56)127-70-41-55-42-71(83(70)113)128-85-64(99)39-57(40-65(85)100)82(112)80-93(120)106-78(89(116)101-6)61-43-69(125-46-50-21-15-11-16-22-50)74(96)86(126-47-51-23-17-12-18-24-51)73(61)60-36-54(29-34-68(60)124-45-49-19-13-10-14-20-49)76(90(117)108-80)105-91(118)77(55)104-87(114)66(102-92(79)119)44-72(110)103-75(52-25-30-58(122-8)31-26-52)53-27-32-59(123-9)33-28-53/h10-34,36-43,48,66-67,75-82,111-113H,35,44-47H2,1-9H3,(H,101,116)(H,102,119)(H,103,110)(H,104,114)(H,105,118)(H,106,120)(H,107,115)(H,108,117)/t66-,67+,76+,77+,78?,79+,80-,81+,82+/m0/s1. The van der Waals surface area contributed by atoms with E-state index in [1.165, 1.54) is 52.6 Å². The van der Waals surface area contributed by atoms with Crippen LogP contribution in [0.4, 0.5) is 4.79 Å². The van der Waals surface area contributed by atoms with Gasteiger partial charge in [0.2, 0.25) is 53.0 Å². The van der Waals surface area contributed by atoms with E-state index in [4.69, 9.17) is 84.3 Å². The Morgan fingerprint density at radius 3 is 1.55 bits per heavy atom. The van der Waals surface area contributed by atoms with E-state index in [1.807, 2.05) is 66.7 Å². The average molecular weight is 1900 g/mol. The number of likely N-dealkylation sites (N-methyl/N-ethyl adjacent to an activating group) is 2. The van der Waals surface area contributed by atoms with Gasteiger partial charge in [-0.2, -0.15) is 0 Å². The predicted octanol–water partition coefficient (Wildman–Crippen LogP) is 14.8. The molecule has 672 valence electrons. The van der Waals surface area contributed by atoms with Gasteiger partial charge in [-0.15, -0.1) is 0 Å². The number of ether oxygens (including phenoxy) is 8. The van der Waals surface area contributed by atoms with Crippen LogP contribution in [0.25, 0.3) is 11.1 Å². The quantitative estimate of drug-likeness (QED) is 0.0300. The van der Waals surface area contributed by atoms with Gasteiger partial charge in [0, 0.05) is 25.2 Å². The Morgan fingerprint density at radius 2 is 1.05 bits per heavy atom. The van der Waals surface area contributed by atoms with Crippen LogP contribution in [0, 0.1) is 5.92 Å². The number of nitrogens with zero attached hydrogens (tertiary/aromatic N) is 1. The van der Waals surface area contributed by atoms with Crippen LogP contribution in [0.1, 0.15) is 139 Å². The Balaban J connectivity index is 1.04. The molecule has 9 amide bonds. The minimum Gasteiger partial charge on any atom is -0.502 e. The van der Waals surface area contributed by atoms with Crippen molar-refractivity contribution in [2.24, 2.45) is 5.92 Å². The summed E-state index contributed by atoms with van der Waals surface area (Å²) in [6.45, 7) is 8.06. The van der Waals surface area contributed by atoms with Crippen molar-refractivity contribution in [3.8, 4) is 68.6 Å². The monoisotopic (exact) mass is 1900 g/mol. The number of benzene rings is 10. The summed E-state index contributed by atoms with van der Waals surface area (Å²) in [6, 6.07) is 37.5. The molecule has 0 aliphatic carbocycles. The molecule has 10 aromatic carbocycles. The third kappa shape index (κ3) is 22.1. The zero-order chi connectivity index (χ0) is 92.4. The minimum absolute atomic E-state index is 0.0194. The number of amides is 9. The Labute approximate surface area is 771 Å². The zero-order valence-corrected chi connectivity index (χ0v) is 75.7. The molecule has 11 bridgehead atoms. The summed E-state index contributed by atoms with van der Waals surface area (Å²) < 4.78 is 50.2. The summed E-state index contributed by atoms with van der Waals surface area (Å²) in [5.41, 5.74) is 0.894. The Kier molecular flexibility index (Phi) is 29.9. The summed E-state index contributed by atoms with van der Waals surface area (Å²) in [4.78, 5) is 143.